The van der Waals surface area contributed by atoms with Gasteiger partial charge in [-0.2, -0.15) is 0 Å². The standard InChI is InChI=1S/C16H14O4.C5H11BrN2/c1-10-13(15(17)18)8-7-12(14(10)16(19)20)9-11-5-3-2-4-6-11;1-8-3-2-7-4-5(8)6/h2-8H,9H2,1H3,(H,17,18)(H,19,20);5,7H,2-4H2,1H3. The van der Waals surface area contributed by atoms with Crippen LogP contribution in [0.1, 0.15) is 37.4 Å². The van der Waals surface area contributed by atoms with Crippen molar-refractivity contribution in [2.24, 2.45) is 0 Å². The summed E-state index contributed by atoms with van der Waals surface area (Å²) < 4.78 is 0. The zero-order valence-corrected chi connectivity index (χ0v) is 17.6. The highest BCUT2D eigenvalue weighted by Gasteiger charge is 2.19. The average Bonchev–Trinajstić information content (AvgIpc) is 2.65. The minimum Gasteiger partial charge on any atom is -0.478 e. The van der Waals surface area contributed by atoms with E-state index in [0.29, 0.717) is 22.5 Å². The highest BCUT2D eigenvalue weighted by molar-refractivity contribution is 9.09. The van der Waals surface area contributed by atoms with Crippen molar-refractivity contribution < 1.29 is 19.8 Å². The predicted octanol–water partition coefficient (Wildman–Crippen LogP) is 3.22. The third-order valence-electron chi connectivity index (χ3n) is 4.67. The smallest absolute Gasteiger partial charge is 0.336 e. The zero-order chi connectivity index (χ0) is 20.7. The molecule has 0 aromatic heterocycles. The first-order valence-electron chi connectivity index (χ1n) is 8.99. The van der Waals surface area contributed by atoms with E-state index in [-0.39, 0.29) is 11.1 Å². The van der Waals surface area contributed by atoms with Crippen LogP contribution in [0.25, 0.3) is 0 Å². The molecule has 2 aromatic rings. The second-order valence-corrected chi connectivity index (χ2v) is 7.72. The minimum atomic E-state index is -1.11. The van der Waals surface area contributed by atoms with Crippen LogP contribution in [0, 0.1) is 6.92 Å². The van der Waals surface area contributed by atoms with Gasteiger partial charge in [0.05, 0.1) is 16.1 Å². The summed E-state index contributed by atoms with van der Waals surface area (Å²) in [4.78, 5) is 25.3. The number of rotatable bonds is 4. The molecule has 0 saturated carbocycles. The quantitative estimate of drug-likeness (QED) is 0.491. The van der Waals surface area contributed by atoms with Gasteiger partial charge in [0.2, 0.25) is 0 Å². The third-order valence-corrected chi connectivity index (χ3v) is 5.69. The summed E-state index contributed by atoms with van der Waals surface area (Å²) in [5.74, 6) is -2.22. The Morgan fingerprint density at radius 3 is 2.32 bits per heavy atom. The Balaban J connectivity index is 0.000000292. The third kappa shape index (κ3) is 5.89. The molecule has 0 bridgehead atoms. The van der Waals surface area contributed by atoms with Gasteiger partial charge in [0.1, 0.15) is 0 Å². The normalized spacial score (nSPS) is 16.8. The van der Waals surface area contributed by atoms with E-state index in [4.69, 9.17) is 5.11 Å². The lowest BCUT2D eigenvalue weighted by Gasteiger charge is -2.28. The number of alkyl halides is 1. The highest BCUT2D eigenvalue weighted by Crippen LogP contribution is 2.22. The van der Waals surface area contributed by atoms with Crippen LogP contribution in [-0.4, -0.2) is 58.7 Å². The van der Waals surface area contributed by atoms with Crippen molar-refractivity contribution in [2.75, 3.05) is 26.7 Å². The summed E-state index contributed by atoms with van der Waals surface area (Å²) in [5, 5.41) is 21.7. The number of nitrogens with one attached hydrogen (secondary N) is 1. The summed E-state index contributed by atoms with van der Waals surface area (Å²) in [6, 6.07) is 12.5. The van der Waals surface area contributed by atoms with Gasteiger partial charge >= 0.3 is 11.9 Å². The molecule has 1 heterocycles. The van der Waals surface area contributed by atoms with Crippen LogP contribution in [0.5, 0.6) is 0 Å². The van der Waals surface area contributed by atoms with Gasteiger partial charge in [-0.15, -0.1) is 0 Å². The first-order chi connectivity index (χ1) is 13.3. The lowest BCUT2D eigenvalue weighted by atomic mass is 9.93. The van der Waals surface area contributed by atoms with E-state index in [0.717, 1.165) is 25.2 Å². The van der Waals surface area contributed by atoms with Gasteiger partial charge in [-0.3, -0.25) is 4.90 Å². The molecule has 3 rings (SSSR count). The lowest BCUT2D eigenvalue weighted by Crippen LogP contribution is -2.45. The van der Waals surface area contributed by atoms with Crippen LogP contribution in [0.15, 0.2) is 42.5 Å². The number of benzene rings is 2. The number of carboxylic acid groups (broad SMARTS) is 2. The largest absolute Gasteiger partial charge is 0.478 e. The topological polar surface area (TPSA) is 89.9 Å². The summed E-state index contributed by atoms with van der Waals surface area (Å²) in [6.45, 7) is 4.87. The van der Waals surface area contributed by atoms with E-state index in [1.807, 2.05) is 30.3 Å². The number of nitrogens with zero attached hydrogens (tertiary/aromatic N) is 1. The molecule has 28 heavy (non-hydrogen) atoms. The molecule has 0 aliphatic carbocycles. The van der Waals surface area contributed by atoms with E-state index in [1.54, 1.807) is 6.07 Å². The maximum atomic E-state index is 11.4. The van der Waals surface area contributed by atoms with Crippen LogP contribution in [0.2, 0.25) is 0 Å². The van der Waals surface area contributed by atoms with Crippen LogP contribution >= 0.6 is 15.9 Å². The molecule has 7 heteroatoms. The molecule has 3 N–H and O–H groups in total. The summed E-state index contributed by atoms with van der Waals surface area (Å²) in [5.41, 5.74) is 2.00. The number of hydrogen-bond donors (Lipinski definition) is 3. The molecular formula is C21H25BrN2O4. The number of halogens is 1. The van der Waals surface area contributed by atoms with Gasteiger partial charge in [-0.1, -0.05) is 52.3 Å². The fraction of sp³-hybridized carbons (Fsp3) is 0.333. The molecule has 1 saturated heterocycles. The Kier molecular flexibility index (Phi) is 8.17. The first kappa shape index (κ1) is 22.1. The lowest BCUT2D eigenvalue weighted by molar-refractivity contribution is 0.0695. The van der Waals surface area contributed by atoms with Crippen LogP contribution in [0.4, 0.5) is 0 Å². The Labute approximate surface area is 173 Å². The van der Waals surface area contributed by atoms with Crippen molar-refractivity contribution in [3.8, 4) is 0 Å². The first-order valence-corrected chi connectivity index (χ1v) is 9.90. The number of hydrogen-bond acceptors (Lipinski definition) is 4. The minimum absolute atomic E-state index is 0.0270. The van der Waals surface area contributed by atoms with Crippen molar-refractivity contribution >= 4 is 27.9 Å². The summed E-state index contributed by atoms with van der Waals surface area (Å²) in [6.07, 6.45) is 0.462. The van der Waals surface area contributed by atoms with Gasteiger partial charge in [-0.05, 0) is 43.1 Å². The highest BCUT2D eigenvalue weighted by atomic mass is 79.9. The van der Waals surface area contributed by atoms with E-state index >= 15 is 0 Å². The molecule has 0 amide bonds. The van der Waals surface area contributed by atoms with Crippen molar-refractivity contribution in [2.45, 2.75) is 18.3 Å². The van der Waals surface area contributed by atoms with Gasteiger partial charge < -0.3 is 15.5 Å². The molecule has 2 aromatic carbocycles. The van der Waals surface area contributed by atoms with Crippen molar-refractivity contribution in [1.29, 1.82) is 0 Å². The molecular weight excluding hydrogens is 424 g/mol. The van der Waals surface area contributed by atoms with Crippen molar-refractivity contribution in [1.82, 2.24) is 10.2 Å². The summed E-state index contributed by atoms with van der Waals surface area (Å²) >= 11 is 3.52. The molecule has 1 aliphatic rings. The fourth-order valence-corrected chi connectivity index (χ4v) is 3.47. The van der Waals surface area contributed by atoms with E-state index in [1.165, 1.54) is 13.0 Å². The number of piperazine rings is 1. The molecule has 1 fully saturated rings. The monoisotopic (exact) mass is 448 g/mol. The number of carboxylic acids is 2. The van der Waals surface area contributed by atoms with E-state index in [9.17, 15) is 14.7 Å². The predicted molar refractivity (Wildman–Crippen MR) is 113 cm³/mol. The van der Waals surface area contributed by atoms with Crippen LogP contribution in [0.3, 0.4) is 0 Å². The molecule has 1 aliphatic heterocycles. The van der Waals surface area contributed by atoms with E-state index < -0.39 is 11.9 Å². The second kappa shape index (κ2) is 10.4. The van der Waals surface area contributed by atoms with Gasteiger partial charge in [-0.25, -0.2) is 9.59 Å². The summed E-state index contributed by atoms with van der Waals surface area (Å²) in [7, 11) is 2.13. The molecule has 0 spiro atoms. The molecule has 1 atom stereocenters. The zero-order valence-electron chi connectivity index (χ0n) is 16.0. The molecule has 6 nitrogen and oxygen atoms in total. The van der Waals surface area contributed by atoms with Crippen LogP contribution < -0.4 is 5.32 Å². The van der Waals surface area contributed by atoms with Crippen molar-refractivity contribution in [3.63, 3.8) is 0 Å². The number of carbonyl (C=O) groups is 2. The maximum absolute atomic E-state index is 11.4. The van der Waals surface area contributed by atoms with Crippen molar-refractivity contribution in [3.05, 3.63) is 70.3 Å². The van der Waals surface area contributed by atoms with Gasteiger partial charge in [0.25, 0.3) is 0 Å². The number of aromatic carboxylic acids is 2. The molecule has 1 unspecified atom stereocenters. The Bertz CT molecular complexity index is 817. The Hall–Kier alpha value is -2.22. The molecule has 150 valence electrons. The Morgan fingerprint density at radius 1 is 1.14 bits per heavy atom. The van der Waals surface area contributed by atoms with E-state index in [2.05, 4.69) is 33.2 Å². The fourth-order valence-electron chi connectivity index (χ4n) is 3.03. The average molecular weight is 449 g/mol. The van der Waals surface area contributed by atoms with Gasteiger partial charge in [0, 0.05) is 19.6 Å². The number of likely N-dealkylation sites (N-methyl/N-ethyl adjacent to an activating group) is 1. The second-order valence-electron chi connectivity index (χ2n) is 6.66. The maximum Gasteiger partial charge on any atom is 0.336 e. The van der Waals surface area contributed by atoms with Gasteiger partial charge in [0.15, 0.2) is 0 Å². The van der Waals surface area contributed by atoms with Crippen LogP contribution in [-0.2, 0) is 6.42 Å². The molecule has 0 radical (unpaired) electrons. The SMILES string of the molecule is CN1CCNCC1Br.Cc1c(C(=O)O)ccc(Cc2ccccc2)c1C(=O)O. The Morgan fingerprint density at radius 2 is 1.82 bits per heavy atom.